The summed E-state index contributed by atoms with van der Waals surface area (Å²) in [5.41, 5.74) is 0. The van der Waals surface area contributed by atoms with Crippen molar-refractivity contribution >= 4 is 0 Å². The molecule has 0 aliphatic heterocycles. The van der Waals surface area contributed by atoms with Crippen LogP contribution in [0.1, 0.15) is 19.3 Å². The van der Waals surface area contributed by atoms with Gasteiger partial charge in [-0.2, -0.15) is 0 Å². The zero-order chi connectivity index (χ0) is 6.43. The number of halogens is 1. The van der Waals surface area contributed by atoms with Crippen molar-refractivity contribution < 1.29 is 9.50 Å². The van der Waals surface area contributed by atoms with Crippen LogP contribution in [0, 0.1) is 11.8 Å². The summed E-state index contributed by atoms with van der Waals surface area (Å²) < 4.78 is 12.9. The highest BCUT2D eigenvalue weighted by Crippen LogP contribution is 2.46. The highest BCUT2D eigenvalue weighted by atomic mass is 19.1. The number of aliphatic hydroxyl groups excluding tert-OH is 1. The van der Waals surface area contributed by atoms with Crippen molar-refractivity contribution in [1.29, 1.82) is 0 Å². The molecule has 2 bridgehead atoms. The molecule has 1 nitrogen and oxygen atoms in total. The third-order valence-electron chi connectivity index (χ3n) is 2.77. The van der Waals surface area contributed by atoms with E-state index < -0.39 is 6.17 Å². The van der Waals surface area contributed by atoms with E-state index in [4.69, 9.17) is 5.11 Å². The molecule has 2 rings (SSSR count). The lowest BCUT2D eigenvalue weighted by Gasteiger charge is -2.13. The van der Waals surface area contributed by atoms with Crippen molar-refractivity contribution in [2.24, 2.45) is 11.8 Å². The van der Waals surface area contributed by atoms with Gasteiger partial charge >= 0.3 is 0 Å². The van der Waals surface area contributed by atoms with Crippen molar-refractivity contribution in [3.63, 3.8) is 0 Å². The standard InChI is InChI=1S/C7H11FO/c8-7-4-1-2-5(7)6(9)3-4/h4-7,9H,1-3H2/t4-,5+,6-,7-/m0/s1. The minimum Gasteiger partial charge on any atom is -0.393 e. The Morgan fingerprint density at radius 1 is 1.33 bits per heavy atom. The Labute approximate surface area is 53.9 Å². The summed E-state index contributed by atoms with van der Waals surface area (Å²) >= 11 is 0. The molecule has 1 N–H and O–H groups in total. The fraction of sp³-hybridized carbons (Fsp3) is 1.00. The highest BCUT2D eigenvalue weighted by Gasteiger charge is 2.47. The molecule has 2 aliphatic rings. The number of aliphatic hydroxyl groups is 1. The fourth-order valence-corrected chi connectivity index (χ4v) is 2.21. The summed E-state index contributed by atoms with van der Waals surface area (Å²) in [6, 6.07) is 0. The first-order valence-corrected chi connectivity index (χ1v) is 3.61. The number of hydrogen-bond donors (Lipinski definition) is 1. The molecular formula is C7H11FO. The molecule has 9 heavy (non-hydrogen) atoms. The van der Waals surface area contributed by atoms with Gasteiger partial charge in [-0.05, 0) is 25.2 Å². The van der Waals surface area contributed by atoms with Crippen molar-refractivity contribution in [2.45, 2.75) is 31.5 Å². The van der Waals surface area contributed by atoms with E-state index in [1.807, 2.05) is 0 Å². The minimum absolute atomic E-state index is 0.00463. The average Bonchev–Trinajstić information content (AvgIpc) is 2.25. The molecule has 2 fully saturated rings. The van der Waals surface area contributed by atoms with Crippen LogP contribution in [0.5, 0.6) is 0 Å². The Balaban J connectivity index is 2.16. The SMILES string of the molecule is O[C@H]1C[C@@H]2CC[C@H]1[C@H]2F. The van der Waals surface area contributed by atoms with E-state index in [1.165, 1.54) is 0 Å². The van der Waals surface area contributed by atoms with E-state index in [9.17, 15) is 4.39 Å². The number of hydrogen-bond acceptors (Lipinski definition) is 1. The van der Waals surface area contributed by atoms with Crippen molar-refractivity contribution in [3.8, 4) is 0 Å². The second kappa shape index (κ2) is 1.69. The molecule has 0 radical (unpaired) electrons. The Hall–Kier alpha value is -0.110. The van der Waals surface area contributed by atoms with Crippen LogP contribution in [0.25, 0.3) is 0 Å². The van der Waals surface area contributed by atoms with Gasteiger partial charge < -0.3 is 5.11 Å². The highest BCUT2D eigenvalue weighted by molar-refractivity contribution is 4.97. The molecule has 0 amide bonds. The molecule has 0 saturated heterocycles. The second-order valence-corrected chi connectivity index (χ2v) is 3.25. The maximum Gasteiger partial charge on any atom is 0.108 e. The summed E-state index contributed by atoms with van der Waals surface area (Å²) in [7, 11) is 0. The molecule has 0 aromatic carbocycles. The zero-order valence-electron chi connectivity index (χ0n) is 5.26. The van der Waals surface area contributed by atoms with Gasteiger partial charge in [0, 0.05) is 5.92 Å². The molecule has 0 spiro atoms. The predicted molar refractivity (Wildman–Crippen MR) is 31.7 cm³/mol. The van der Waals surface area contributed by atoms with E-state index in [1.54, 1.807) is 0 Å². The maximum absolute atomic E-state index is 12.9. The fourth-order valence-electron chi connectivity index (χ4n) is 2.21. The Kier molecular flexibility index (Phi) is 1.06. The monoisotopic (exact) mass is 130 g/mol. The van der Waals surface area contributed by atoms with Crippen LogP contribution >= 0.6 is 0 Å². The first kappa shape index (κ1) is 5.66. The van der Waals surface area contributed by atoms with Crippen molar-refractivity contribution in [1.82, 2.24) is 0 Å². The molecule has 4 atom stereocenters. The smallest absolute Gasteiger partial charge is 0.108 e. The summed E-state index contributed by atoms with van der Waals surface area (Å²) in [6.45, 7) is 0. The molecule has 2 aliphatic carbocycles. The first-order chi connectivity index (χ1) is 4.29. The minimum atomic E-state index is -0.681. The Morgan fingerprint density at radius 2 is 2.11 bits per heavy atom. The van der Waals surface area contributed by atoms with E-state index in [-0.39, 0.29) is 17.9 Å². The second-order valence-electron chi connectivity index (χ2n) is 3.25. The molecule has 52 valence electrons. The molecule has 0 aromatic heterocycles. The quantitative estimate of drug-likeness (QED) is 0.521. The van der Waals surface area contributed by atoms with Gasteiger partial charge in [0.05, 0.1) is 6.10 Å². The third-order valence-corrected chi connectivity index (χ3v) is 2.77. The lowest BCUT2D eigenvalue weighted by Crippen LogP contribution is -2.17. The van der Waals surface area contributed by atoms with Gasteiger partial charge in [-0.1, -0.05) is 0 Å². The number of alkyl halides is 1. The van der Waals surface area contributed by atoms with Crippen LogP contribution in [0.15, 0.2) is 0 Å². The molecule has 2 saturated carbocycles. The van der Waals surface area contributed by atoms with Gasteiger partial charge in [-0.15, -0.1) is 0 Å². The number of rotatable bonds is 0. The van der Waals surface area contributed by atoms with Crippen LogP contribution in [-0.2, 0) is 0 Å². The van der Waals surface area contributed by atoms with E-state index in [2.05, 4.69) is 0 Å². The predicted octanol–water partition coefficient (Wildman–Crippen LogP) is 1.12. The van der Waals surface area contributed by atoms with Crippen LogP contribution in [-0.4, -0.2) is 17.4 Å². The van der Waals surface area contributed by atoms with Gasteiger partial charge in [0.1, 0.15) is 6.17 Å². The maximum atomic E-state index is 12.9. The average molecular weight is 130 g/mol. The summed E-state index contributed by atoms with van der Waals surface area (Å²) in [5, 5.41) is 9.15. The van der Waals surface area contributed by atoms with Crippen LogP contribution in [0.2, 0.25) is 0 Å². The summed E-state index contributed by atoms with van der Waals surface area (Å²) in [4.78, 5) is 0. The first-order valence-electron chi connectivity index (χ1n) is 3.61. The third kappa shape index (κ3) is 0.627. The number of fused-ring (bicyclic) bond motifs is 2. The van der Waals surface area contributed by atoms with Gasteiger partial charge in [-0.25, -0.2) is 4.39 Å². The van der Waals surface area contributed by atoms with Crippen LogP contribution < -0.4 is 0 Å². The largest absolute Gasteiger partial charge is 0.393 e. The molecule has 2 heteroatoms. The van der Waals surface area contributed by atoms with E-state index in [0.717, 1.165) is 12.8 Å². The van der Waals surface area contributed by atoms with Gasteiger partial charge in [-0.3, -0.25) is 0 Å². The summed E-state index contributed by atoms with van der Waals surface area (Å²) in [5.74, 6) is 0.194. The van der Waals surface area contributed by atoms with Gasteiger partial charge in [0.15, 0.2) is 0 Å². The normalized spacial score (nSPS) is 56.7. The lowest BCUT2D eigenvalue weighted by atomic mass is 9.98. The molecule has 0 unspecified atom stereocenters. The van der Waals surface area contributed by atoms with E-state index >= 15 is 0 Å². The van der Waals surface area contributed by atoms with E-state index in [0.29, 0.717) is 6.42 Å². The Bertz CT molecular complexity index is 126. The molecular weight excluding hydrogens is 119 g/mol. The van der Waals surface area contributed by atoms with Gasteiger partial charge in [0.2, 0.25) is 0 Å². The van der Waals surface area contributed by atoms with Gasteiger partial charge in [0.25, 0.3) is 0 Å². The van der Waals surface area contributed by atoms with Crippen molar-refractivity contribution in [2.75, 3.05) is 0 Å². The molecule has 0 aromatic rings. The lowest BCUT2D eigenvalue weighted by molar-refractivity contribution is 0.101. The van der Waals surface area contributed by atoms with Crippen LogP contribution in [0.4, 0.5) is 4.39 Å². The summed E-state index contributed by atoms with van der Waals surface area (Å²) in [6.07, 6.45) is 1.63. The molecule has 0 heterocycles. The topological polar surface area (TPSA) is 20.2 Å². The zero-order valence-corrected chi connectivity index (χ0v) is 5.26. The Morgan fingerprint density at radius 3 is 2.33 bits per heavy atom. The van der Waals surface area contributed by atoms with Crippen LogP contribution in [0.3, 0.4) is 0 Å². The van der Waals surface area contributed by atoms with Crippen molar-refractivity contribution in [3.05, 3.63) is 0 Å².